The normalized spacial score (nSPS) is 9.73. The summed E-state index contributed by atoms with van der Waals surface area (Å²) < 4.78 is 0.744. The Balaban J connectivity index is 2.62. The highest BCUT2D eigenvalue weighted by Crippen LogP contribution is 2.07. The van der Waals surface area contributed by atoms with Crippen molar-refractivity contribution in [2.45, 2.75) is 5.88 Å². The molecule has 1 aromatic carbocycles. The van der Waals surface area contributed by atoms with Crippen LogP contribution in [0.15, 0.2) is 35.3 Å². The zero-order valence-electron chi connectivity index (χ0n) is 8.09. The molecular formula is C11H11BrClNO. The standard InChI is InChI=1S/C11H11BrClNO/c1-8(12)7-14-11(15)10-4-2-9(6-13)3-5-10/h2-5H,1,6-7H2,(H,14,15). The molecule has 0 aromatic heterocycles. The quantitative estimate of drug-likeness (QED) is 0.848. The summed E-state index contributed by atoms with van der Waals surface area (Å²) in [7, 11) is 0. The average molecular weight is 289 g/mol. The Hall–Kier alpha value is -0.800. The van der Waals surface area contributed by atoms with Crippen molar-refractivity contribution in [3.8, 4) is 0 Å². The van der Waals surface area contributed by atoms with Crippen LogP contribution in [0, 0.1) is 0 Å². The van der Waals surface area contributed by atoms with Crippen LogP contribution in [0.2, 0.25) is 0 Å². The lowest BCUT2D eigenvalue weighted by atomic mass is 10.1. The fourth-order valence-electron chi connectivity index (χ4n) is 1.02. The van der Waals surface area contributed by atoms with Gasteiger partial charge in [-0.2, -0.15) is 0 Å². The number of carbonyl (C=O) groups excluding carboxylic acids is 1. The first-order valence-corrected chi connectivity index (χ1v) is 5.72. The predicted molar refractivity (Wildman–Crippen MR) is 66.4 cm³/mol. The Bertz CT molecular complexity index is 361. The van der Waals surface area contributed by atoms with Crippen molar-refractivity contribution in [2.24, 2.45) is 0 Å². The van der Waals surface area contributed by atoms with E-state index in [-0.39, 0.29) is 5.91 Å². The number of rotatable bonds is 4. The Morgan fingerprint density at radius 1 is 1.40 bits per heavy atom. The van der Waals surface area contributed by atoms with E-state index in [1.807, 2.05) is 12.1 Å². The average Bonchev–Trinajstić information content (AvgIpc) is 2.26. The highest BCUT2D eigenvalue weighted by Gasteiger charge is 2.04. The first kappa shape index (κ1) is 12.3. The van der Waals surface area contributed by atoms with Gasteiger partial charge in [0.05, 0.1) is 0 Å². The molecule has 0 saturated carbocycles. The van der Waals surface area contributed by atoms with Gasteiger partial charge in [0.2, 0.25) is 0 Å². The third-order valence-corrected chi connectivity index (χ3v) is 2.40. The molecule has 15 heavy (non-hydrogen) atoms. The molecule has 0 atom stereocenters. The van der Waals surface area contributed by atoms with Gasteiger partial charge in [-0.25, -0.2) is 0 Å². The van der Waals surface area contributed by atoms with Gasteiger partial charge in [-0.05, 0) is 17.7 Å². The summed E-state index contributed by atoms with van der Waals surface area (Å²) in [6, 6.07) is 7.18. The Labute approximate surface area is 102 Å². The third kappa shape index (κ3) is 4.06. The van der Waals surface area contributed by atoms with E-state index in [2.05, 4.69) is 27.8 Å². The van der Waals surface area contributed by atoms with E-state index in [0.29, 0.717) is 18.0 Å². The van der Waals surface area contributed by atoms with Gasteiger partial charge in [-0.1, -0.05) is 34.6 Å². The SMILES string of the molecule is C=C(Br)CNC(=O)c1ccc(CCl)cc1. The van der Waals surface area contributed by atoms with Crippen LogP contribution < -0.4 is 5.32 Å². The second-order valence-corrected chi connectivity index (χ2v) is 4.42. The third-order valence-electron chi connectivity index (χ3n) is 1.81. The van der Waals surface area contributed by atoms with E-state index in [4.69, 9.17) is 11.6 Å². The molecule has 1 amide bonds. The molecule has 0 fully saturated rings. The van der Waals surface area contributed by atoms with Crippen molar-refractivity contribution in [1.29, 1.82) is 0 Å². The van der Waals surface area contributed by atoms with Crippen molar-refractivity contribution in [3.05, 3.63) is 46.5 Å². The van der Waals surface area contributed by atoms with Gasteiger partial charge in [-0.3, -0.25) is 4.79 Å². The second-order valence-electron chi connectivity index (χ2n) is 3.03. The summed E-state index contributed by atoms with van der Waals surface area (Å²) in [6.45, 7) is 4.06. The molecule has 0 radical (unpaired) electrons. The molecule has 2 nitrogen and oxygen atoms in total. The summed E-state index contributed by atoms with van der Waals surface area (Å²) in [6.07, 6.45) is 0. The maximum atomic E-state index is 11.5. The maximum absolute atomic E-state index is 11.5. The van der Waals surface area contributed by atoms with E-state index in [1.165, 1.54) is 0 Å². The number of carbonyl (C=O) groups is 1. The summed E-state index contributed by atoms with van der Waals surface area (Å²) in [4.78, 5) is 11.5. The summed E-state index contributed by atoms with van der Waals surface area (Å²) in [5.41, 5.74) is 1.62. The van der Waals surface area contributed by atoms with E-state index in [9.17, 15) is 4.79 Å². The molecule has 0 saturated heterocycles. The van der Waals surface area contributed by atoms with Crippen LogP contribution in [0.1, 0.15) is 15.9 Å². The molecule has 0 spiro atoms. The largest absolute Gasteiger partial charge is 0.347 e. The molecule has 0 aliphatic carbocycles. The van der Waals surface area contributed by atoms with Gasteiger partial charge >= 0.3 is 0 Å². The van der Waals surface area contributed by atoms with Crippen LogP contribution in [0.3, 0.4) is 0 Å². The van der Waals surface area contributed by atoms with Gasteiger partial charge in [0.25, 0.3) is 5.91 Å². The Kier molecular flexibility index (Phi) is 4.85. The number of alkyl halides is 1. The van der Waals surface area contributed by atoms with Crippen LogP contribution in [-0.2, 0) is 5.88 Å². The molecule has 1 aromatic rings. The second kappa shape index (κ2) is 5.93. The topological polar surface area (TPSA) is 29.1 Å². The zero-order valence-corrected chi connectivity index (χ0v) is 10.4. The number of hydrogen-bond acceptors (Lipinski definition) is 1. The smallest absolute Gasteiger partial charge is 0.251 e. The summed E-state index contributed by atoms with van der Waals surface area (Å²) in [5, 5.41) is 2.72. The molecule has 0 aliphatic heterocycles. The van der Waals surface area contributed by atoms with E-state index >= 15 is 0 Å². The van der Waals surface area contributed by atoms with Gasteiger partial charge in [0, 0.05) is 22.5 Å². The number of amides is 1. The lowest BCUT2D eigenvalue weighted by Crippen LogP contribution is -2.24. The van der Waals surface area contributed by atoms with E-state index < -0.39 is 0 Å². The lowest BCUT2D eigenvalue weighted by Gasteiger charge is -2.04. The highest BCUT2D eigenvalue weighted by atomic mass is 79.9. The van der Waals surface area contributed by atoms with Gasteiger partial charge in [-0.15, -0.1) is 11.6 Å². The van der Waals surface area contributed by atoms with Crippen LogP contribution in [0.25, 0.3) is 0 Å². The Morgan fingerprint density at radius 3 is 2.47 bits per heavy atom. The van der Waals surface area contributed by atoms with Crippen LogP contribution in [0.5, 0.6) is 0 Å². The van der Waals surface area contributed by atoms with Crippen LogP contribution in [0.4, 0.5) is 0 Å². The Morgan fingerprint density at radius 2 is 2.00 bits per heavy atom. The fourth-order valence-corrected chi connectivity index (χ4v) is 1.34. The zero-order chi connectivity index (χ0) is 11.3. The van der Waals surface area contributed by atoms with E-state index in [0.717, 1.165) is 10.0 Å². The molecule has 0 aliphatic rings. The minimum Gasteiger partial charge on any atom is -0.347 e. The molecule has 4 heteroatoms. The van der Waals surface area contributed by atoms with Gasteiger partial charge in [0.15, 0.2) is 0 Å². The monoisotopic (exact) mass is 287 g/mol. The van der Waals surface area contributed by atoms with Crippen molar-refractivity contribution < 1.29 is 4.79 Å². The van der Waals surface area contributed by atoms with Crippen molar-refractivity contribution in [2.75, 3.05) is 6.54 Å². The number of halogens is 2. The molecule has 1 rings (SSSR count). The predicted octanol–water partition coefficient (Wildman–Crippen LogP) is 3.06. The van der Waals surface area contributed by atoms with Crippen molar-refractivity contribution in [1.82, 2.24) is 5.32 Å². The number of benzene rings is 1. The van der Waals surface area contributed by atoms with Gasteiger partial charge in [0.1, 0.15) is 0 Å². The van der Waals surface area contributed by atoms with Crippen molar-refractivity contribution >= 4 is 33.4 Å². The van der Waals surface area contributed by atoms with Crippen LogP contribution in [-0.4, -0.2) is 12.5 Å². The minimum atomic E-state index is -0.114. The minimum absolute atomic E-state index is 0.114. The fraction of sp³-hybridized carbons (Fsp3) is 0.182. The molecule has 1 N–H and O–H groups in total. The molecule has 0 unspecified atom stereocenters. The maximum Gasteiger partial charge on any atom is 0.251 e. The number of nitrogens with one attached hydrogen (secondary N) is 1. The lowest BCUT2D eigenvalue weighted by molar-refractivity contribution is 0.0958. The molecule has 0 bridgehead atoms. The summed E-state index contributed by atoms with van der Waals surface area (Å²) >= 11 is 8.81. The highest BCUT2D eigenvalue weighted by molar-refractivity contribution is 9.11. The first-order chi connectivity index (χ1) is 7.13. The van der Waals surface area contributed by atoms with E-state index in [1.54, 1.807) is 12.1 Å². The summed E-state index contributed by atoms with van der Waals surface area (Å²) in [5.74, 6) is 0.344. The van der Waals surface area contributed by atoms with Crippen molar-refractivity contribution in [3.63, 3.8) is 0 Å². The van der Waals surface area contributed by atoms with Gasteiger partial charge < -0.3 is 5.32 Å². The molecule has 0 heterocycles. The molecular weight excluding hydrogens is 277 g/mol. The van der Waals surface area contributed by atoms with Crippen LogP contribution >= 0.6 is 27.5 Å². The first-order valence-electron chi connectivity index (χ1n) is 4.40. The molecule has 80 valence electrons. The number of hydrogen-bond donors (Lipinski definition) is 1.